The predicted molar refractivity (Wildman–Crippen MR) is 79.2 cm³/mol. The zero-order valence-electron chi connectivity index (χ0n) is 11.3. The van der Waals surface area contributed by atoms with Gasteiger partial charge in [0.25, 0.3) is 0 Å². The van der Waals surface area contributed by atoms with Crippen molar-refractivity contribution < 1.29 is 4.74 Å². The normalized spacial score (nSPS) is 10.9. The molecule has 102 valence electrons. The van der Waals surface area contributed by atoms with Crippen LogP contribution < -0.4 is 4.74 Å². The summed E-state index contributed by atoms with van der Waals surface area (Å²) in [6.45, 7) is 2.08. The number of hydrogen-bond acceptors (Lipinski definition) is 5. The molecular formula is C14H14N4OS. The second-order valence-corrected chi connectivity index (χ2v) is 5.36. The molecular weight excluding hydrogens is 272 g/mol. The standard InChI is InChI=1S/C14H14N4OS/c1-3-20-14-16-15-13-9-8-12(17-18(13)14)10-4-6-11(19-2)7-5-10/h4-9H,3H2,1-2H3. The Morgan fingerprint density at radius 2 is 1.90 bits per heavy atom. The van der Waals surface area contributed by atoms with Gasteiger partial charge in [-0.05, 0) is 42.2 Å². The van der Waals surface area contributed by atoms with Gasteiger partial charge < -0.3 is 4.74 Å². The summed E-state index contributed by atoms with van der Waals surface area (Å²) in [6.07, 6.45) is 0. The average molecular weight is 286 g/mol. The highest BCUT2D eigenvalue weighted by molar-refractivity contribution is 7.99. The average Bonchev–Trinajstić information content (AvgIpc) is 2.90. The summed E-state index contributed by atoms with van der Waals surface area (Å²) in [5, 5.41) is 13.7. The number of fused-ring (bicyclic) bond motifs is 1. The summed E-state index contributed by atoms with van der Waals surface area (Å²) in [4.78, 5) is 0. The van der Waals surface area contributed by atoms with Gasteiger partial charge in [0.05, 0.1) is 12.8 Å². The molecule has 1 aromatic carbocycles. The van der Waals surface area contributed by atoms with Crippen LogP contribution >= 0.6 is 11.8 Å². The van der Waals surface area contributed by atoms with E-state index in [0.717, 1.165) is 33.6 Å². The maximum Gasteiger partial charge on any atom is 0.212 e. The van der Waals surface area contributed by atoms with E-state index in [1.54, 1.807) is 23.4 Å². The molecule has 2 aromatic heterocycles. The van der Waals surface area contributed by atoms with Crippen LogP contribution in [-0.4, -0.2) is 32.7 Å². The van der Waals surface area contributed by atoms with Crippen molar-refractivity contribution in [3.8, 4) is 17.0 Å². The molecule has 0 saturated carbocycles. The van der Waals surface area contributed by atoms with E-state index in [2.05, 4.69) is 22.2 Å². The highest BCUT2D eigenvalue weighted by Crippen LogP contribution is 2.22. The zero-order valence-corrected chi connectivity index (χ0v) is 12.1. The Balaban J connectivity index is 2.04. The first-order valence-corrected chi connectivity index (χ1v) is 7.30. The Hall–Kier alpha value is -2.08. The SMILES string of the molecule is CCSc1nnc2ccc(-c3ccc(OC)cc3)nn12. The lowest BCUT2D eigenvalue weighted by atomic mass is 10.1. The van der Waals surface area contributed by atoms with E-state index in [1.807, 2.05) is 36.4 Å². The van der Waals surface area contributed by atoms with Crippen LogP contribution in [0, 0.1) is 0 Å². The first kappa shape index (κ1) is 12.9. The third kappa shape index (κ3) is 2.34. The Morgan fingerprint density at radius 3 is 2.60 bits per heavy atom. The van der Waals surface area contributed by atoms with E-state index in [0.29, 0.717) is 0 Å². The van der Waals surface area contributed by atoms with Gasteiger partial charge >= 0.3 is 0 Å². The summed E-state index contributed by atoms with van der Waals surface area (Å²) in [7, 11) is 1.66. The van der Waals surface area contributed by atoms with Crippen LogP contribution in [0.15, 0.2) is 41.6 Å². The van der Waals surface area contributed by atoms with Crippen molar-refractivity contribution in [2.45, 2.75) is 12.1 Å². The highest BCUT2D eigenvalue weighted by Gasteiger charge is 2.08. The van der Waals surface area contributed by atoms with E-state index < -0.39 is 0 Å². The lowest BCUT2D eigenvalue weighted by molar-refractivity contribution is 0.415. The number of nitrogens with zero attached hydrogens (tertiary/aromatic N) is 4. The van der Waals surface area contributed by atoms with Crippen molar-refractivity contribution in [2.75, 3.05) is 12.9 Å². The van der Waals surface area contributed by atoms with E-state index in [9.17, 15) is 0 Å². The van der Waals surface area contributed by atoms with E-state index in [1.165, 1.54) is 0 Å². The van der Waals surface area contributed by atoms with Gasteiger partial charge in [0.1, 0.15) is 5.75 Å². The van der Waals surface area contributed by atoms with Crippen LogP contribution in [0.25, 0.3) is 16.9 Å². The van der Waals surface area contributed by atoms with Gasteiger partial charge in [0, 0.05) is 5.56 Å². The fraction of sp³-hybridized carbons (Fsp3) is 0.214. The summed E-state index contributed by atoms with van der Waals surface area (Å²) >= 11 is 1.63. The largest absolute Gasteiger partial charge is 0.497 e. The zero-order chi connectivity index (χ0) is 13.9. The summed E-state index contributed by atoms with van der Waals surface area (Å²) < 4.78 is 6.95. The van der Waals surface area contributed by atoms with Crippen molar-refractivity contribution >= 4 is 17.4 Å². The lowest BCUT2D eigenvalue weighted by Crippen LogP contribution is -1.96. The van der Waals surface area contributed by atoms with Crippen molar-refractivity contribution in [3.63, 3.8) is 0 Å². The van der Waals surface area contributed by atoms with Gasteiger partial charge in [-0.15, -0.1) is 10.2 Å². The molecule has 0 N–H and O–H groups in total. The van der Waals surface area contributed by atoms with Crippen LogP contribution in [0.5, 0.6) is 5.75 Å². The molecule has 0 radical (unpaired) electrons. The molecule has 0 bridgehead atoms. The second-order valence-electron chi connectivity index (χ2n) is 4.13. The smallest absolute Gasteiger partial charge is 0.212 e. The number of methoxy groups -OCH3 is 1. The minimum atomic E-state index is 0.762. The van der Waals surface area contributed by atoms with Crippen molar-refractivity contribution in [1.82, 2.24) is 19.8 Å². The number of aromatic nitrogens is 4. The van der Waals surface area contributed by atoms with Gasteiger partial charge in [0.2, 0.25) is 5.16 Å². The second kappa shape index (κ2) is 5.50. The number of thioether (sulfide) groups is 1. The number of hydrogen-bond donors (Lipinski definition) is 0. The molecule has 0 aliphatic rings. The Labute approximate surface area is 121 Å². The molecule has 0 spiro atoms. The highest BCUT2D eigenvalue weighted by atomic mass is 32.2. The molecule has 5 nitrogen and oxygen atoms in total. The van der Waals surface area contributed by atoms with Gasteiger partial charge in [-0.3, -0.25) is 0 Å². The fourth-order valence-corrected chi connectivity index (χ4v) is 2.52. The van der Waals surface area contributed by atoms with E-state index in [-0.39, 0.29) is 0 Å². The van der Waals surface area contributed by atoms with Crippen molar-refractivity contribution in [2.24, 2.45) is 0 Å². The monoisotopic (exact) mass is 286 g/mol. The number of rotatable bonds is 4. The van der Waals surface area contributed by atoms with Crippen LogP contribution in [0.2, 0.25) is 0 Å². The lowest BCUT2D eigenvalue weighted by Gasteiger charge is -2.04. The summed E-state index contributed by atoms with van der Waals surface area (Å²) in [5.41, 5.74) is 2.69. The van der Waals surface area contributed by atoms with Crippen LogP contribution in [-0.2, 0) is 0 Å². The van der Waals surface area contributed by atoms with Gasteiger partial charge in [-0.2, -0.15) is 9.61 Å². The molecule has 0 fully saturated rings. The molecule has 3 rings (SSSR count). The summed E-state index contributed by atoms with van der Waals surface area (Å²) in [6, 6.07) is 11.7. The minimum absolute atomic E-state index is 0.762. The molecule has 0 aliphatic carbocycles. The summed E-state index contributed by atoms with van der Waals surface area (Å²) in [5.74, 6) is 1.77. The first-order valence-electron chi connectivity index (χ1n) is 6.31. The number of benzene rings is 1. The third-order valence-electron chi connectivity index (χ3n) is 2.89. The minimum Gasteiger partial charge on any atom is -0.497 e. The molecule has 0 aliphatic heterocycles. The first-order chi connectivity index (χ1) is 9.81. The molecule has 0 saturated heterocycles. The fourth-order valence-electron chi connectivity index (χ4n) is 1.90. The number of ether oxygens (including phenoxy) is 1. The maximum atomic E-state index is 5.16. The maximum absolute atomic E-state index is 5.16. The Morgan fingerprint density at radius 1 is 1.10 bits per heavy atom. The molecule has 2 heterocycles. The topological polar surface area (TPSA) is 52.3 Å². The van der Waals surface area contributed by atoms with E-state index in [4.69, 9.17) is 4.74 Å². The van der Waals surface area contributed by atoms with Gasteiger partial charge in [-0.25, -0.2) is 0 Å². The van der Waals surface area contributed by atoms with Gasteiger partial charge in [0.15, 0.2) is 5.65 Å². The molecule has 0 unspecified atom stereocenters. The third-order valence-corrected chi connectivity index (χ3v) is 3.69. The quantitative estimate of drug-likeness (QED) is 0.690. The van der Waals surface area contributed by atoms with Crippen LogP contribution in [0.4, 0.5) is 0 Å². The van der Waals surface area contributed by atoms with Gasteiger partial charge in [-0.1, -0.05) is 18.7 Å². The predicted octanol–water partition coefficient (Wildman–Crippen LogP) is 2.91. The molecule has 0 amide bonds. The molecule has 0 atom stereocenters. The van der Waals surface area contributed by atoms with E-state index >= 15 is 0 Å². The Bertz CT molecular complexity index is 724. The van der Waals surface area contributed by atoms with Crippen molar-refractivity contribution in [3.05, 3.63) is 36.4 Å². The molecule has 20 heavy (non-hydrogen) atoms. The Kier molecular flexibility index (Phi) is 3.56. The van der Waals surface area contributed by atoms with Crippen LogP contribution in [0.3, 0.4) is 0 Å². The van der Waals surface area contributed by atoms with Crippen LogP contribution in [0.1, 0.15) is 6.92 Å². The van der Waals surface area contributed by atoms with Crippen molar-refractivity contribution in [1.29, 1.82) is 0 Å². The molecule has 6 heteroatoms. The molecule has 3 aromatic rings.